The van der Waals surface area contributed by atoms with E-state index in [2.05, 4.69) is 5.32 Å². The molecule has 1 aliphatic carbocycles. The van der Waals surface area contributed by atoms with Crippen LogP contribution >= 0.6 is 0 Å². The highest BCUT2D eigenvalue weighted by molar-refractivity contribution is 5.78. The molecule has 0 bridgehead atoms. The van der Waals surface area contributed by atoms with Crippen LogP contribution in [0.15, 0.2) is 24.3 Å². The summed E-state index contributed by atoms with van der Waals surface area (Å²) in [6, 6.07) is 7.43. The summed E-state index contributed by atoms with van der Waals surface area (Å²) < 4.78 is 5.75. The van der Waals surface area contributed by atoms with Crippen LogP contribution in [0, 0.1) is 5.41 Å². The van der Waals surface area contributed by atoms with Gasteiger partial charge < -0.3 is 20.7 Å². The minimum Gasteiger partial charge on any atom is -0.483 e. The predicted molar refractivity (Wildman–Crippen MR) is 111 cm³/mol. The second-order valence-electron chi connectivity index (χ2n) is 8.08. The van der Waals surface area contributed by atoms with E-state index < -0.39 is 0 Å². The van der Waals surface area contributed by atoms with Crippen LogP contribution in [0.2, 0.25) is 0 Å². The number of ether oxygens (including phenoxy) is 1. The summed E-state index contributed by atoms with van der Waals surface area (Å²) in [4.78, 5) is 26.2. The fraction of sp³-hybridized carbons (Fsp3) is 0.636. The molecular formula is C22H35N3O3. The molecule has 6 nitrogen and oxygen atoms in total. The lowest BCUT2D eigenvalue weighted by atomic mass is 9.71. The van der Waals surface area contributed by atoms with Gasteiger partial charge in [-0.25, -0.2) is 0 Å². The second kappa shape index (κ2) is 10.5. The molecule has 1 fully saturated rings. The Bertz CT molecular complexity index is 654. The minimum absolute atomic E-state index is 0.0231. The van der Waals surface area contributed by atoms with E-state index in [0.29, 0.717) is 18.7 Å². The summed E-state index contributed by atoms with van der Waals surface area (Å²) in [6.07, 6.45) is 6.81. The van der Waals surface area contributed by atoms with E-state index in [1.54, 1.807) is 14.1 Å². The summed E-state index contributed by atoms with van der Waals surface area (Å²) in [7, 11) is 3.40. The SMILES string of the molecule is CCC(NC(=O)CC1(CN)CCCCC1)c1ccccc1OCC(=O)N(C)C. The highest BCUT2D eigenvalue weighted by Crippen LogP contribution is 2.38. The molecule has 1 saturated carbocycles. The van der Waals surface area contributed by atoms with Gasteiger partial charge in [0.05, 0.1) is 6.04 Å². The Morgan fingerprint density at radius 1 is 1.21 bits per heavy atom. The Morgan fingerprint density at radius 2 is 1.89 bits per heavy atom. The molecule has 0 aliphatic heterocycles. The van der Waals surface area contributed by atoms with Crippen LogP contribution in [0.4, 0.5) is 0 Å². The van der Waals surface area contributed by atoms with Crippen molar-refractivity contribution in [3.8, 4) is 5.75 Å². The van der Waals surface area contributed by atoms with E-state index >= 15 is 0 Å². The number of para-hydroxylation sites is 1. The summed E-state index contributed by atoms with van der Waals surface area (Å²) in [5.41, 5.74) is 6.88. The van der Waals surface area contributed by atoms with Crippen LogP contribution < -0.4 is 15.8 Å². The quantitative estimate of drug-likeness (QED) is 0.680. The van der Waals surface area contributed by atoms with E-state index in [9.17, 15) is 9.59 Å². The van der Waals surface area contributed by atoms with E-state index in [1.165, 1.54) is 11.3 Å². The van der Waals surface area contributed by atoms with Gasteiger partial charge in [0, 0.05) is 26.1 Å². The first-order valence-electron chi connectivity index (χ1n) is 10.3. The molecule has 156 valence electrons. The Kier molecular flexibility index (Phi) is 8.30. The molecule has 0 spiro atoms. The van der Waals surface area contributed by atoms with Crippen LogP contribution in [-0.4, -0.2) is 44.0 Å². The molecule has 1 aromatic carbocycles. The summed E-state index contributed by atoms with van der Waals surface area (Å²) in [5, 5.41) is 3.17. The topological polar surface area (TPSA) is 84.7 Å². The molecule has 2 rings (SSSR count). The van der Waals surface area contributed by atoms with Crippen molar-refractivity contribution in [3.63, 3.8) is 0 Å². The third-order valence-electron chi connectivity index (χ3n) is 5.77. The van der Waals surface area contributed by atoms with Crippen molar-refractivity contribution in [1.82, 2.24) is 10.2 Å². The van der Waals surface area contributed by atoms with Crippen LogP contribution in [-0.2, 0) is 9.59 Å². The molecule has 0 radical (unpaired) electrons. The van der Waals surface area contributed by atoms with Gasteiger partial charge in [-0.3, -0.25) is 9.59 Å². The second-order valence-corrected chi connectivity index (χ2v) is 8.08. The van der Waals surface area contributed by atoms with Gasteiger partial charge in [-0.2, -0.15) is 0 Å². The molecule has 6 heteroatoms. The number of nitrogens with zero attached hydrogens (tertiary/aromatic N) is 1. The van der Waals surface area contributed by atoms with Gasteiger partial charge in [0.2, 0.25) is 5.91 Å². The minimum atomic E-state index is -0.156. The number of hydrogen-bond acceptors (Lipinski definition) is 4. The number of rotatable bonds is 9. The fourth-order valence-electron chi connectivity index (χ4n) is 3.91. The van der Waals surface area contributed by atoms with Crippen molar-refractivity contribution in [2.45, 2.75) is 57.9 Å². The molecule has 1 aliphatic rings. The number of benzene rings is 1. The molecule has 2 amide bonds. The molecule has 0 aromatic heterocycles. The number of carbonyl (C=O) groups is 2. The smallest absolute Gasteiger partial charge is 0.259 e. The average Bonchev–Trinajstić information content (AvgIpc) is 2.71. The van der Waals surface area contributed by atoms with Gasteiger partial charge >= 0.3 is 0 Å². The van der Waals surface area contributed by atoms with Crippen LogP contribution in [0.3, 0.4) is 0 Å². The maximum Gasteiger partial charge on any atom is 0.259 e. The van der Waals surface area contributed by atoms with Gasteiger partial charge in [0.15, 0.2) is 6.61 Å². The lowest BCUT2D eigenvalue weighted by molar-refractivity contribution is -0.131. The molecule has 1 aromatic rings. The third-order valence-corrected chi connectivity index (χ3v) is 5.77. The lowest BCUT2D eigenvalue weighted by Gasteiger charge is -2.36. The number of nitrogens with one attached hydrogen (secondary N) is 1. The van der Waals surface area contributed by atoms with Crippen molar-refractivity contribution >= 4 is 11.8 Å². The Labute approximate surface area is 168 Å². The van der Waals surface area contributed by atoms with Crippen molar-refractivity contribution in [2.24, 2.45) is 11.1 Å². The standard InChI is InChI=1S/C22H35N3O3/c1-4-18(24-20(26)14-22(16-23)12-8-5-9-13-22)17-10-6-7-11-19(17)28-15-21(27)25(2)3/h6-7,10-11,18H,4-5,8-9,12-16,23H2,1-3H3,(H,24,26). The van der Waals surface area contributed by atoms with Crippen molar-refractivity contribution in [2.75, 3.05) is 27.2 Å². The number of carbonyl (C=O) groups excluding carboxylic acids is 2. The van der Waals surface area contributed by atoms with Crippen molar-refractivity contribution in [3.05, 3.63) is 29.8 Å². The van der Waals surface area contributed by atoms with Crippen molar-refractivity contribution < 1.29 is 14.3 Å². The van der Waals surface area contributed by atoms with E-state index in [-0.39, 0.29) is 29.9 Å². The normalized spacial score (nSPS) is 16.9. The van der Waals surface area contributed by atoms with Crippen molar-refractivity contribution in [1.29, 1.82) is 0 Å². The first-order chi connectivity index (χ1) is 13.4. The zero-order chi connectivity index (χ0) is 20.6. The zero-order valence-corrected chi connectivity index (χ0v) is 17.5. The van der Waals surface area contributed by atoms with Crippen LogP contribution in [0.5, 0.6) is 5.75 Å². The summed E-state index contributed by atoms with van der Waals surface area (Å²) >= 11 is 0. The predicted octanol–water partition coefficient (Wildman–Crippen LogP) is 3.02. The van der Waals surface area contributed by atoms with E-state index in [1.807, 2.05) is 31.2 Å². The lowest BCUT2D eigenvalue weighted by Crippen LogP contribution is -2.39. The Hall–Kier alpha value is -2.08. The first kappa shape index (κ1) is 22.2. The number of hydrogen-bond donors (Lipinski definition) is 2. The maximum atomic E-state index is 12.8. The monoisotopic (exact) mass is 389 g/mol. The first-order valence-corrected chi connectivity index (χ1v) is 10.3. The molecule has 0 saturated heterocycles. The van der Waals surface area contributed by atoms with Gasteiger partial charge in [-0.05, 0) is 37.3 Å². The average molecular weight is 390 g/mol. The highest BCUT2D eigenvalue weighted by atomic mass is 16.5. The number of nitrogens with two attached hydrogens (primary N) is 1. The largest absolute Gasteiger partial charge is 0.483 e. The summed E-state index contributed by atoms with van der Waals surface area (Å²) in [6.45, 7) is 2.57. The molecule has 3 N–H and O–H groups in total. The fourth-order valence-corrected chi connectivity index (χ4v) is 3.91. The third kappa shape index (κ3) is 5.96. The van der Waals surface area contributed by atoms with E-state index in [4.69, 9.17) is 10.5 Å². The van der Waals surface area contributed by atoms with Crippen LogP contribution in [0.25, 0.3) is 0 Å². The number of amides is 2. The molecule has 28 heavy (non-hydrogen) atoms. The molecule has 1 unspecified atom stereocenters. The molecule has 0 heterocycles. The van der Waals surface area contributed by atoms with Crippen LogP contribution in [0.1, 0.15) is 63.5 Å². The molecule has 1 atom stereocenters. The summed E-state index contributed by atoms with van der Waals surface area (Å²) in [5.74, 6) is 0.573. The maximum absolute atomic E-state index is 12.8. The Morgan fingerprint density at radius 3 is 2.50 bits per heavy atom. The number of likely N-dealkylation sites (N-methyl/N-ethyl adjacent to an activating group) is 1. The Balaban J connectivity index is 2.06. The van der Waals surface area contributed by atoms with E-state index in [0.717, 1.165) is 37.7 Å². The van der Waals surface area contributed by atoms with Gasteiger partial charge in [0.25, 0.3) is 5.91 Å². The van der Waals surface area contributed by atoms with Gasteiger partial charge in [-0.15, -0.1) is 0 Å². The van der Waals surface area contributed by atoms with Gasteiger partial charge in [-0.1, -0.05) is 44.4 Å². The molecular weight excluding hydrogens is 354 g/mol. The highest BCUT2D eigenvalue weighted by Gasteiger charge is 2.33. The van der Waals surface area contributed by atoms with Gasteiger partial charge in [0.1, 0.15) is 5.75 Å². The zero-order valence-electron chi connectivity index (χ0n) is 17.5.